The van der Waals surface area contributed by atoms with Crippen LogP contribution in [0.2, 0.25) is 0 Å². The lowest BCUT2D eigenvalue weighted by atomic mass is 9.94. The van der Waals surface area contributed by atoms with Crippen molar-refractivity contribution in [2.75, 3.05) is 6.16 Å². The van der Waals surface area contributed by atoms with Crippen molar-refractivity contribution in [3.8, 4) is 0 Å². The Bertz CT molecular complexity index is 1210. The van der Waals surface area contributed by atoms with E-state index >= 15 is 0 Å². The molecule has 0 amide bonds. The van der Waals surface area contributed by atoms with Crippen molar-refractivity contribution >= 4 is 48.8 Å². The van der Waals surface area contributed by atoms with Crippen molar-refractivity contribution in [2.45, 2.75) is 19.8 Å². The smallest absolute Gasteiger partial charge is 0.00618 e. The Labute approximate surface area is 182 Å². The van der Waals surface area contributed by atoms with Crippen LogP contribution < -0.4 is 15.9 Å². The first-order valence-corrected chi connectivity index (χ1v) is 13.4. The van der Waals surface area contributed by atoms with Crippen LogP contribution in [0.5, 0.6) is 0 Å². The minimum absolute atomic E-state index is 0.595. The Balaban J connectivity index is 1.86. The lowest BCUT2D eigenvalue weighted by Crippen LogP contribution is -2.27. The summed E-state index contributed by atoms with van der Waals surface area (Å²) in [6.45, 7) is 2.29. The van der Waals surface area contributed by atoms with Crippen molar-refractivity contribution in [1.29, 1.82) is 0 Å². The molecular formula is C28H26P2. The first-order valence-electron chi connectivity index (χ1n) is 10.7. The van der Waals surface area contributed by atoms with Gasteiger partial charge in [-0.2, -0.15) is 0 Å². The Morgan fingerprint density at radius 1 is 0.767 bits per heavy atom. The van der Waals surface area contributed by atoms with Crippen LogP contribution in [-0.2, 0) is 6.42 Å². The fraction of sp³-hybridized carbons (Fsp3) is 0.143. The molecule has 0 fully saturated rings. The fourth-order valence-corrected chi connectivity index (χ4v) is 7.92. The molecule has 0 aliphatic carbocycles. The molecule has 0 radical (unpaired) electrons. The molecule has 1 heterocycles. The van der Waals surface area contributed by atoms with Gasteiger partial charge in [-0.05, 0) is 70.3 Å². The van der Waals surface area contributed by atoms with Crippen LogP contribution in [0.15, 0.2) is 96.8 Å². The van der Waals surface area contributed by atoms with Gasteiger partial charge in [-0.1, -0.05) is 112 Å². The van der Waals surface area contributed by atoms with Gasteiger partial charge >= 0.3 is 0 Å². The molecule has 0 saturated carbocycles. The van der Waals surface area contributed by atoms with Gasteiger partial charge in [-0.25, -0.2) is 0 Å². The molecule has 0 saturated heterocycles. The number of benzene rings is 4. The van der Waals surface area contributed by atoms with Crippen LogP contribution in [0.25, 0.3) is 16.3 Å². The summed E-state index contributed by atoms with van der Waals surface area (Å²) in [6.07, 6.45) is 3.45. The second-order valence-corrected chi connectivity index (χ2v) is 11.3. The van der Waals surface area contributed by atoms with E-state index in [1.165, 1.54) is 44.0 Å². The summed E-state index contributed by atoms with van der Waals surface area (Å²) in [6, 6.07) is 34.0. The van der Waals surface area contributed by atoms with Crippen LogP contribution in [0, 0.1) is 0 Å². The number of fused-ring (bicyclic) bond motifs is 4. The molecule has 0 N–H and O–H groups in total. The van der Waals surface area contributed by atoms with Gasteiger partial charge in [0.2, 0.25) is 0 Å². The highest BCUT2D eigenvalue weighted by molar-refractivity contribution is 7.80. The van der Waals surface area contributed by atoms with Gasteiger partial charge in [-0.15, -0.1) is 0 Å². The summed E-state index contributed by atoms with van der Waals surface area (Å²) < 4.78 is 0. The van der Waals surface area contributed by atoms with Crippen molar-refractivity contribution < 1.29 is 0 Å². The number of hydrogen-bond donors (Lipinski definition) is 0. The van der Waals surface area contributed by atoms with E-state index in [0.29, 0.717) is 0 Å². The van der Waals surface area contributed by atoms with Crippen molar-refractivity contribution in [3.63, 3.8) is 0 Å². The third kappa shape index (κ3) is 3.65. The SMILES string of the molecule is CCP/C=C1/CCc2ccccc2P(c2ccccc2)c2ccc3ccccc3c21. The lowest BCUT2D eigenvalue weighted by Gasteiger charge is -2.29. The summed E-state index contributed by atoms with van der Waals surface area (Å²) in [4.78, 5) is 0. The molecule has 30 heavy (non-hydrogen) atoms. The van der Waals surface area contributed by atoms with Gasteiger partial charge in [0.25, 0.3) is 0 Å². The highest BCUT2D eigenvalue weighted by Crippen LogP contribution is 2.43. The van der Waals surface area contributed by atoms with Gasteiger partial charge in [0.15, 0.2) is 0 Å². The molecule has 0 aromatic heterocycles. The molecule has 4 aromatic carbocycles. The van der Waals surface area contributed by atoms with Crippen LogP contribution >= 0.6 is 16.5 Å². The molecule has 0 spiro atoms. The Kier molecular flexibility index (Phi) is 5.81. The minimum Gasteiger partial charge on any atom is -0.0984 e. The van der Waals surface area contributed by atoms with Crippen LogP contribution in [0.4, 0.5) is 0 Å². The Morgan fingerprint density at radius 2 is 1.53 bits per heavy atom. The standard InChI is InChI=1S/C28H26P2/c1-2-29-20-23-17-16-22-11-7-9-15-26(22)30(24-12-4-3-5-13-24)27-19-18-21-10-6-8-14-25(21)28(23)27/h3-15,18-20,29H,2,16-17H2,1H3/b23-20-. The second-order valence-electron chi connectivity index (χ2n) is 7.71. The normalized spacial score (nSPS) is 17.6. The summed E-state index contributed by atoms with van der Waals surface area (Å²) >= 11 is 0. The van der Waals surface area contributed by atoms with E-state index < -0.39 is 7.92 Å². The van der Waals surface area contributed by atoms with Gasteiger partial charge in [0, 0.05) is 0 Å². The summed E-state index contributed by atoms with van der Waals surface area (Å²) in [5, 5.41) is 7.22. The average Bonchev–Trinajstić information content (AvgIpc) is 2.80. The minimum atomic E-state index is -0.595. The maximum absolute atomic E-state index is 2.54. The predicted octanol–water partition coefficient (Wildman–Crippen LogP) is 6.58. The van der Waals surface area contributed by atoms with E-state index in [-0.39, 0.29) is 0 Å². The summed E-state index contributed by atoms with van der Waals surface area (Å²) in [7, 11) is 0.285. The lowest BCUT2D eigenvalue weighted by molar-refractivity contribution is 1.03. The highest BCUT2D eigenvalue weighted by atomic mass is 31.1. The molecule has 4 aromatic rings. The Morgan fingerprint density at radius 3 is 2.40 bits per heavy atom. The average molecular weight is 424 g/mol. The zero-order valence-corrected chi connectivity index (χ0v) is 19.2. The molecule has 0 nitrogen and oxygen atoms in total. The van der Waals surface area contributed by atoms with E-state index in [2.05, 4.69) is 104 Å². The molecule has 5 rings (SSSR count). The van der Waals surface area contributed by atoms with Crippen LogP contribution in [0.1, 0.15) is 24.5 Å². The van der Waals surface area contributed by atoms with Gasteiger partial charge < -0.3 is 0 Å². The topological polar surface area (TPSA) is 0 Å². The first kappa shape index (κ1) is 19.7. The van der Waals surface area contributed by atoms with Gasteiger partial charge in [-0.3, -0.25) is 0 Å². The molecule has 1 aliphatic heterocycles. The summed E-state index contributed by atoms with van der Waals surface area (Å²) in [5.74, 6) is 2.54. The number of rotatable bonds is 3. The molecule has 2 heteroatoms. The largest absolute Gasteiger partial charge is 0.0984 e. The van der Waals surface area contributed by atoms with E-state index in [1.807, 2.05) is 0 Å². The van der Waals surface area contributed by atoms with E-state index in [9.17, 15) is 0 Å². The number of allylic oxidation sites excluding steroid dienone is 1. The first-order chi connectivity index (χ1) is 14.9. The molecule has 1 aliphatic rings. The second kappa shape index (κ2) is 8.85. The van der Waals surface area contributed by atoms with Crippen LogP contribution in [-0.4, -0.2) is 6.16 Å². The zero-order chi connectivity index (χ0) is 20.3. The highest BCUT2D eigenvalue weighted by Gasteiger charge is 2.26. The molecular weight excluding hydrogens is 398 g/mol. The van der Waals surface area contributed by atoms with Crippen molar-refractivity contribution in [3.05, 3.63) is 108 Å². The molecule has 148 valence electrons. The molecule has 2 unspecified atom stereocenters. The fourth-order valence-electron chi connectivity index (χ4n) is 4.47. The number of aryl methyl sites for hydroxylation is 1. The van der Waals surface area contributed by atoms with Gasteiger partial charge in [0.05, 0.1) is 0 Å². The maximum Gasteiger partial charge on any atom is -0.00618 e. The predicted molar refractivity (Wildman–Crippen MR) is 138 cm³/mol. The Hall–Kier alpha value is -2.26. The third-order valence-electron chi connectivity index (χ3n) is 5.86. The summed E-state index contributed by atoms with van der Waals surface area (Å²) in [5.41, 5.74) is 4.55. The monoisotopic (exact) mass is 424 g/mol. The molecule has 2 atom stereocenters. The van der Waals surface area contributed by atoms with E-state index in [0.717, 1.165) is 21.4 Å². The van der Waals surface area contributed by atoms with Crippen molar-refractivity contribution in [2.24, 2.45) is 0 Å². The van der Waals surface area contributed by atoms with Gasteiger partial charge in [0.1, 0.15) is 0 Å². The van der Waals surface area contributed by atoms with Crippen LogP contribution in [0.3, 0.4) is 0 Å². The van der Waals surface area contributed by atoms with Crippen molar-refractivity contribution in [1.82, 2.24) is 0 Å². The molecule has 0 bridgehead atoms. The van der Waals surface area contributed by atoms with E-state index in [1.54, 1.807) is 5.57 Å². The number of hydrogen-bond acceptors (Lipinski definition) is 0. The van der Waals surface area contributed by atoms with E-state index in [4.69, 9.17) is 0 Å². The maximum atomic E-state index is 2.54. The quantitative estimate of drug-likeness (QED) is 0.326. The zero-order valence-electron chi connectivity index (χ0n) is 17.3. The third-order valence-corrected chi connectivity index (χ3v) is 9.41.